The standard InChI is InChI=1S/C27H30N2O3/c1-29(2)17-18-32-24-16-10-11-21(19-24)20-25(27(30)31-3)28-26(22-12-6-4-7-13-22)23-14-8-5-9-15-23/h4-16,19,25H,17-18,20H2,1-3H3/t25-/m0/s1. The van der Waals surface area contributed by atoms with Gasteiger partial charge in [-0.15, -0.1) is 0 Å². The summed E-state index contributed by atoms with van der Waals surface area (Å²) in [6.07, 6.45) is 0.417. The van der Waals surface area contributed by atoms with Crippen LogP contribution in [-0.4, -0.2) is 57.0 Å². The van der Waals surface area contributed by atoms with Gasteiger partial charge in [0, 0.05) is 24.1 Å². The van der Waals surface area contributed by atoms with Crippen LogP contribution in [0.15, 0.2) is 89.9 Å². The summed E-state index contributed by atoms with van der Waals surface area (Å²) in [4.78, 5) is 19.6. The number of nitrogens with zero attached hydrogens (tertiary/aromatic N) is 2. The average Bonchev–Trinajstić information content (AvgIpc) is 2.82. The summed E-state index contributed by atoms with van der Waals surface area (Å²) in [6.45, 7) is 1.43. The Morgan fingerprint density at radius 3 is 2.09 bits per heavy atom. The third-order valence-corrected chi connectivity index (χ3v) is 4.99. The van der Waals surface area contributed by atoms with Gasteiger partial charge in [-0.2, -0.15) is 0 Å². The van der Waals surface area contributed by atoms with Gasteiger partial charge >= 0.3 is 5.97 Å². The van der Waals surface area contributed by atoms with Crippen molar-refractivity contribution in [2.75, 3.05) is 34.4 Å². The van der Waals surface area contributed by atoms with Crippen molar-refractivity contribution in [1.82, 2.24) is 4.90 Å². The maximum Gasteiger partial charge on any atom is 0.330 e. The van der Waals surface area contributed by atoms with E-state index >= 15 is 0 Å². The lowest BCUT2D eigenvalue weighted by atomic mass is 10.0. The number of benzene rings is 3. The molecule has 0 N–H and O–H groups in total. The number of likely N-dealkylation sites (N-methyl/N-ethyl adjacent to an activating group) is 1. The minimum Gasteiger partial charge on any atom is -0.492 e. The fourth-order valence-corrected chi connectivity index (χ4v) is 3.31. The number of methoxy groups -OCH3 is 1. The number of esters is 1. The smallest absolute Gasteiger partial charge is 0.330 e. The molecule has 3 aromatic rings. The number of carbonyl (C=O) groups excluding carboxylic acids is 1. The zero-order chi connectivity index (χ0) is 22.8. The van der Waals surface area contributed by atoms with Crippen molar-refractivity contribution < 1.29 is 14.3 Å². The fourth-order valence-electron chi connectivity index (χ4n) is 3.31. The first-order valence-electron chi connectivity index (χ1n) is 10.7. The Bertz CT molecular complexity index is 976. The molecule has 0 heterocycles. The first-order chi connectivity index (χ1) is 15.6. The highest BCUT2D eigenvalue weighted by molar-refractivity contribution is 6.13. The molecule has 0 aromatic heterocycles. The van der Waals surface area contributed by atoms with E-state index in [2.05, 4.69) is 4.90 Å². The average molecular weight is 431 g/mol. The van der Waals surface area contributed by atoms with Crippen LogP contribution in [0.4, 0.5) is 0 Å². The zero-order valence-corrected chi connectivity index (χ0v) is 18.9. The summed E-state index contributed by atoms with van der Waals surface area (Å²) in [7, 11) is 5.42. The van der Waals surface area contributed by atoms with Crippen LogP contribution in [0.3, 0.4) is 0 Å². The van der Waals surface area contributed by atoms with E-state index in [-0.39, 0.29) is 5.97 Å². The molecule has 32 heavy (non-hydrogen) atoms. The van der Waals surface area contributed by atoms with E-state index in [1.807, 2.05) is 99.0 Å². The topological polar surface area (TPSA) is 51.1 Å². The summed E-state index contributed by atoms with van der Waals surface area (Å²) in [5.41, 5.74) is 3.63. The predicted octanol–water partition coefficient (Wildman–Crippen LogP) is 4.25. The van der Waals surface area contributed by atoms with Gasteiger partial charge in [0.25, 0.3) is 0 Å². The van der Waals surface area contributed by atoms with Crippen molar-refractivity contribution in [1.29, 1.82) is 0 Å². The highest BCUT2D eigenvalue weighted by atomic mass is 16.5. The summed E-state index contributed by atoms with van der Waals surface area (Å²) in [5.74, 6) is 0.413. The van der Waals surface area contributed by atoms with Crippen molar-refractivity contribution in [3.63, 3.8) is 0 Å². The van der Waals surface area contributed by atoms with E-state index in [0.29, 0.717) is 13.0 Å². The van der Waals surface area contributed by atoms with Crippen LogP contribution in [0.5, 0.6) is 5.75 Å². The SMILES string of the molecule is COC(=O)[C@H](Cc1cccc(OCCN(C)C)c1)N=C(c1ccccc1)c1ccccc1. The van der Waals surface area contributed by atoms with Crippen molar-refractivity contribution in [2.45, 2.75) is 12.5 Å². The van der Waals surface area contributed by atoms with Crippen molar-refractivity contribution in [3.8, 4) is 5.75 Å². The number of carbonyl (C=O) groups is 1. The van der Waals surface area contributed by atoms with Gasteiger partial charge in [0.15, 0.2) is 6.04 Å². The Morgan fingerprint density at radius 2 is 1.53 bits per heavy atom. The number of hydrogen-bond donors (Lipinski definition) is 0. The molecule has 0 bridgehead atoms. The number of aliphatic imine (C=N–C) groups is 1. The Labute approximate surface area is 190 Å². The molecule has 3 rings (SSSR count). The Balaban J connectivity index is 1.90. The molecule has 0 aliphatic carbocycles. The molecule has 3 aromatic carbocycles. The lowest BCUT2D eigenvalue weighted by Crippen LogP contribution is -2.25. The van der Waals surface area contributed by atoms with Gasteiger partial charge in [0.2, 0.25) is 0 Å². The molecule has 0 amide bonds. The third-order valence-electron chi connectivity index (χ3n) is 4.99. The Morgan fingerprint density at radius 1 is 0.906 bits per heavy atom. The molecular weight excluding hydrogens is 400 g/mol. The number of ether oxygens (including phenoxy) is 2. The molecule has 0 spiro atoms. The van der Waals surface area contributed by atoms with Crippen LogP contribution in [0.25, 0.3) is 0 Å². The van der Waals surface area contributed by atoms with Gasteiger partial charge in [0.1, 0.15) is 12.4 Å². The second-order valence-electron chi connectivity index (χ2n) is 7.75. The van der Waals surface area contributed by atoms with E-state index in [1.54, 1.807) is 0 Å². The number of hydrogen-bond acceptors (Lipinski definition) is 5. The first-order valence-corrected chi connectivity index (χ1v) is 10.7. The minimum absolute atomic E-state index is 0.367. The van der Waals surface area contributed by atoms with Crippen LogP contribution in [0.2, 0.25) is 0 Å². The Kier molecular flexibility index (Phi) is 8.58. The first kappa shape index (κ1) is 23.2. The highest BCUT2D eigenvalue weighted by Gasteiger charge is 2.21. The van der Waals surface area contributed by atoms with Gasteiger partial charge in [-0.25, -0.2) is 4.79 Å². The maximum absolute atomic E-state index is 12.7. The normalized spacial score (nSPS) is 11.6. The predicted molar refractivity (Wildman–Crippen MR) is 129 cm³/mol. The third kappa shape index (κ3) is 6.79. The summed E-state index contributed by atoms with van der Waals surface area (Å²) in [6, 6.07) is 26.9. The van der Waals surface area contributed by atoms with Gasteiger partial charge in [-0.1, -0.05) is 72.8 Å². The van der Waals surface area contributed by atoms with Gasteiger partial charge in [0.05, 0.1) is 12.8 Å². The zero-order valence-electron chi connectivity index (χ0n) is 18.9. The summed E-state index contributed by atoms with van der Waals surface area (Å²) < 4.78 is 10.9. The molecule has 0 aliphatic heterocycles. The monoisotopic (exact) mass is 430 g/mol. The van der Waals surface area contributed by atoms with Gasteiger partial charge < -0.3 is 14.4 Å². The molecule has 166 valence electrons. The van der Waals surface area contributed by atoms with E-state index in [9.17, 15) is 4.79 Å². The van der Waals surface area contributed by atoms with Crippen LogP contribution in [0, 0.1) is 0 Å². The van der Waals surface area contributed by atoms with E-state index in [4.69, 9.17) is 14.5 Å². The minimum atomic E-state index is -0.674. The fraction of sp³-hybridized carbons (Fsp3) is 0.259. The lowest BCUT2D eigenvalue weighted by molar-refractivity contribution is -0.142. The van der Waals surface area contributed by atoms with E-state index in [1.165, 1.54) is 7.11 Å². The molecule has 0 radical (unpaired) electrons. The van der Waals surface area contributed by atoms with E-state index < -0.39 is 6.04 Å². The lowest BCUT2D eigenvalue weighted by Gasteiger charge is -2.16. The van der Waals surface area contributed by atoms with E-state index in [0.717, 1.165) is 34.7 Å². The maximum atomic E-state index is 12.7. The van der Waals surface area contributed by atoms with Crippen molar-refractivity contribution in [2.24, 2.45) is 4.99 Å². The molecule has 5 nitrogen and oxygen atoms in total. The molecular formula is C27H30N2O3. The molecule has 5 heteroatoms. The van der Waals surface area contributed by atoms with Crippen LogP contribution < -0.4 is 4.74 Å². The van der Waals surface area contributed by atoms with Crippen LogP contribution in [-0.2, 0) is 16.0 Å². The second-order valence-corrected chi connectivity index (χ2v) is 7.75. The molecule has 1 atom stereocenters. The van der Waals surface area contributed by atoms with Crippen molar-refractivity contribution >= 4 is 11.7 Å². The molecule has 0 saturated heterocycles. The van der Waals surface area contributed by atoms with Gasteiger partial charge in [-0.05, 0) is 31.8 Å². The van der Waals surface area contributed by atoms with Gasteiger partial charge in [-0.3, -0.25) is 4.99 Å². The Hall–Kier alpha value is -3.44. The van der Waals surface area contributed by atoms with Crippen LogP contribution in [0.1, 0.15) is 16.7 Å². The largest absolute Gasteiger partial charge is 0.492 e. The second kappa shape index (κ2) is 11.8. The number of rotatable bonds is 10. The highest BCUT2D eigenvalue weighted by Crippen LogP contribution is 2.18. The van der Waals surface area contributed by atoms with Crippen LogP contribution >= 0.6 is 0 Å². The molecule has 0 aliphatic rings. The molecule has 0 fully saturated rings. The molecule has 0 unspecified atom stereocenters. The summed E-state index contributed by atoms with van der Waals surface area (Å²) in [5, 5.41) is 0. The molecule has 0 saturated carbocycles. The summed E-state index contributed by atoms with van der Waals surface area (Å²) >= 11 is 0. The quantitative estimate of drug-likeness (QED) is 0.356. The van der Waals surface area contributed by atoms with Crippen molar-refractivity contribution in [3.05, 3.63) is 102 Å².